The second-order valence-electron chi connectivity index (χ2n) is 10.1. The molecule has 1 saturated heterocycles. The summed E-state index contributed by atoms with van der Waals surface area (Å²) in [4.78, 5) is 14.1. The number of rotatable bonds is 7. The quantitative estimate of drug-likeness (QED) is 0.619. The summed E-state index contributed by atoms with van der Waals surface area (Å²) in [5.74, 6) is -0.0342. The minimum absolute atomic E-state index is 0.000810. The lowest BCUT2D eigenvalue weighted by Crippen LogP contribution is -2.52. The number of carbonyl (C=O) groups excluding carboxylic acids is 1. The number of likely N-dealkylation sites (tertiary alicyclic amines) is 1. The molecular weight excluding hydrogens is 455 g/mol. The monoisotopic (exact) mass is 491 g/mol. The van der Waals surface area contributed by atoms with E-state index in [9.17, 15) is 26.4 Å². The van der Waals surface area contributed by atoms with Crippen molar-refractivity contribution in [3.05, 3.63) is 29.8 Å². The van der Waals surface area contributed by atoms with Crippen LogP contribution in [0.3, 0.4) is 0 Å². The predicted octanol–water partition coefficient (Wildman–Crippen LogP) is 4.26. The van der Waals surface area contributed by atoms with E-state index in [4.69, 9.17) is 0 Å². The zero-order valence-corrected chi connectivity index (χ0v) is 21.1. The fourth-order valence-corrected chi connectivity index (χ4v) is 6.23. The van der Waals surface area contributed by atoms with Gasteiger partial charge in [-0.3, -0.25) is 4.79 Å². The average molecular weight is 492 g/mol. The summed E-state index contributed by atoms with van der Waals surface area (Å²) in [5.41, 5.74) is -1.29. The molecule has 1 atom stereocenters. The average Bonchev–Trinajstić information content (AvgIpc) is 2.66. The van der Waals surface area contributed by atoms with E-state index < -0.39 is 27.8 Å². The molecule has 1 aromatic rings. The van der Waals surface area contributed by atoms with Gasteiger partial charge in [-0.1, -0.05) is 6.07 Å². The Morgan fingerprint density at radius 2 is 1.73 bits per heavy atom. The first kappa shape index (κ1) is 27.6. The maximum Gasteiger partial charge on any atom is 0.416 e. The van der Waals surface area contributed by atoms with E-state index in [0.717, 1.165) is 12.1 Å². The fraction of sp³-hybridized carbons (Fsp3) is 0.696. The summed E-state index contributed by atoms with van der Waals surface area (Å²) in [6.07, 6.45) is -3.18. The Morgan fingerprint density at radius 1 is 1.15 bits per heavy atom. The molecule has 2 rings (SSSR count). The number of nitrogens with zero attached hydrogens (tertiary/aromatic N) is 2. The Morgan fingerprint density at radius 3 is 2.21 bits per heavy atom. The number of hydrogen-bond acceptors (Lipinski definition) is 4. The van der Waals surface area contributed by atoms with Crippen molar-refractivity contribution in [3.63, 3.8) is 0 Å². The summed E-state index contributed by atoms with van der Waals surface area (Å²) < 4.78 is 67.4. The summed E-state index contributed by atoms with van der Waals surface area (Å²) in [5, 5.41) is 2.95. The van der Waals surface area contributed by atoms with Crippen molar-refractivity contribution in [2.24, 2.45) is 0 Å². The molecule has 1 aliphatic heterocycles. The number of alkyl halides is 3. The molecule has 0 spiro atoms. The van der Waals surface area contributed by atoms with Gasteiger partial charge in [-0.2, -0.15) is 17.5 Å². The summed E-state index contributed by atoms with van der Waals surface area (Å²) in [6, 6.07) is 3.18. The van der Waals surface area contributed by atoms with E-state index in [2.05, 4.69) is 10.2 Å². The molecule has 0 aromatic heterocycles. The Labute approximate surface area is 195 Å². The molecule has 0 radical (unpaired) electrons. The highest BCUT2D eigenvalue weighted by Crippen LogP contribution is 2.33. The third kappa shape index (κ3) is 7.42. The number of amides is 1. The zero-order chi connectivity index (χ0) is 25.2. The largest absolute Gasteiger partial charge is 0.416 e. The van der Waals surface area contributed by atoms with Gasteiger partial charge in [0.25, 0.3) is 0 Å². The van der Waals surface area contributed by atoms with Crippen LogP contribution in [-0.2, 0) is 21.0 Å². The van der Waals surface area contributed by atoms with Crippen LogP contribution in [0, 0.1) is 0 Å². The Bertz CT molecular complexity index is 919. The van der Waals surface area contributed by atoms with Crippen LogP contribution < -0.4 is 5.32 Å². The Balaban J connectivity index is 2.12. The molecule has 10 heteroatoms. The van der Waals surface area contributed by atoms with Crippen molar-refractivity contribution < 1.29 is 26.4 Å². The fourth-order valence-electron chi connectivity index (χ4n) is 4.30. The van der Waals surface area contributed by atoms with E-state index in [1.54, 1.807) is 13.8 Å². The van der Waals surface area contributed by atoms with E-state index in [0.29, 0.717) is 38.4 Å². The van der Waals surface area contributed by atoms with Gasteiger partial charge in [0.05, 0.1) is 10.5 Å². The molecule has 188 valence electrons. The van der Waals surface area contributed by atoms with E-state index in [-0.39, 0.29) is 28.4 Å². The predicted molar refractivity (Wildman–Crippen MR) is 122 cm³/mol. The second-order valence-corrected chi connectivity index (χ2v) is 11.9. The van der Waals surface area contributed by atoms with Crippen LogP contribution in [0.25, 0.3) is 0 Å². The molecule has 0 bridgehead atoms. The molecule has 0 saturated carbocycles. The number of carbonyl (C=O) groups is 1. The number of sulfonamides is 1. The van der Waals surface area contributed by atoms with Gasteiger partial charge < -0.3 is 10.2 Å². The molecule has 1 fully saturated rings. The highest BCUT2D eigenvalue weighted by Gasteiger charge is 2.38. The SMILES string of the molecule is CC(CC(=O)NC(C)(C)C)N1CCC(N(C(C)C)S(=O)(=O)c2cccc(C(F)(F)F)c2)CC1. The van der Waals surface area contributed by atoms with E-state index in [1.807, 2.05) is 27.7 Å². The number of piperidine rings is 1. The maximum atomic E-state index is 13.3. The van der Waals surface area contributed by atoms with Crippen molar-refractivity contribution >= 4 is 15.9 Å². The lowest BCUT2D eigenvalue weighted by Gasteiger charge is -2.41. The second kappa shape index (κ2) is 10.3. The van der Waals surface area contributed by atoms with Gasteiger partial charge in [0.15, 0.2) is 0 Å². The van der Waals surface area contributed by atoms with Crippen LogP contribution in [0.2, 0.25) is 0 Å². The minimum atomic E-state index is -4.62. The zero-order valence-electron chi connectivity index (χ0n) is 20.2. The highest BCUT2D eigenvalue weighted by atomic mass is 32.2. The molecular formula is C23H36F3N3O3S. The first-order chi connectivity index (χ1) is 15.0. The van der Waals surface area contributed by atoms with Crippen molar-refractivity contribution in [2.75, 3.05) is 13.1 Å². The van der Waals surface area contributed by atoms with Gasteiger partial charge in [-0.25, -0.2) is 8.42 Å². The van der Waals surface area contributed by atoms with Crippen LogP contribution in [0.15, 0.2) is 29.2 Å². The van der Waals surface area contributed by atoms with Gasteiger partial charge in [0, 0.05) is 30.1 Å². The molecule has 1 heterocycles. The van der Waals surface area contributed by atoms with Crippen molar-refractivity contribution in [1.82, 2.24) is 14.5 Å². The third-order valence-electron chi connectivity index (χ3n) is 5.72. The summed E-state index contributed by atoms with van der Waals surface area (Å²) in [6.45, 7) is 12.4. The first-order valence-corrected chi connectivity index (χ1v) is 12.7. The molecule has 0 aliphatic carbocycles. The molecule has 6 nitrogen and oxygen atoms in total. The highest BCUT2D eigenvalue weighted by molar-refractivity contribution is 7.89. The van der Waals surface area contributed by atoms with Crippen LogP contribution in [0.1, 0.15) is 66.4 Å². The number of halogens is 3. The normalized spacial score (nSPS) is 18.0. The standard InChI is InChI=1S/C23H36F3N3O3S/c1-16(2)29(33(31,32)20-9-7-8-18(15-20)23(24,25)26)19-10-12-28(13-11-19)17(3)14-21(30)27-22(4,5)6/h7-9,15-17,19H,10-14H2,1-6H3,(H,27,30). The molecule has 1 unspecified atom stereocenters. The molecule has 33 heavy (non-hydrogen) atoms. The lowest BCUT2D eigenvalue weighted by atomic mass is 10.0. The van der Waals surface area contributed by atoms with E-state index in [1.165, 1.54) is 10.4 Å². The number of hydrogen-bond donors (Lipinski definition) is 1. The van der Waals surface area contributed by atoms with Gasteiger partial charge in [-0.05, 0) is 85.7 Å². The minimum Gasteiger partial charge on any atom is -0.351 e. The van der Waals surface area contributed by atoms with Gasteiger partial charge in [0.2, 0.25) is 15.9 Å². The molecule has 1 amide bonds. The van der Waals surface area contributed by atoms with Crippen LogP contribution in [-0.4, -0.2) is 60.3 Å². The van der Waals surface area contributed by atoms with Gasteiger partial charge in [0.1, 0.15) is 0 Å². The van der Waals surface area contributed by atoms with Crippen LogP contribution in [0.5, 0.6) is 0 Å². The van der Waals surface area contributed by atoms with E-state index >= 15 is 0 Å². The van der Waals surface area contributed by atoms with Crippen molar-refractivity contribution in [3.8, 4) is 0 Å². The smallest absolute Gasteiger partial charge is 0.351 e. The molecule has 1 aromatic carbocycles. The summed E-state index contributed by atoms with van der Waals surface area (Å²) >= 11 is 0. The van der Waals surface area contributed by atoms with Crippen LogP contribution in [0.4, 0.5) is 13.2 Å². The van der Waals surface area contributed by atoms with Crippen molar-refractivity contribution in [2.45, 2.75) is 95.5 Å². The van der Waals surface area contributed by atoms with Gasteiger partial charge in [-0.15, -0.1) is 0 Å². The topological polar surface area (TPSA) is 69.7 Å². The van der Waals surface area contributed by atoms with Crippen LogP contribution >= 0.6 is 0 Å². The first-order valence-electron chi connectivity index (χ1n) is 11.3. The third-order valence-corrected chi connectivity index (χ3v) is 7.85. The van der Waals surface area contributed by atoms with Gasteiger partial charge >= 0.3 is 6.18 Å². The Hall–Kier alpha value is -1.65. The molecule has 1 aliphatic rings. The maximum absolute atomic E-state index is 13.3. The van der Waals surface area contributed by atoms with Crippen molar-refractivity contribution in [1.29, 1.82) is 0 Å². The number of nitrogens with one attached hydrogen (secondary N) is 1. The summed E-state index contributed by atoms with van der Waals surface area (Å²) in [7, 11) is -4.11. The molecule has 1 N–H and O–H groups in total. The lowest BCUT2D eigenvalue weighted by molar-refractivity contribution is -0.137. The Kier molecular flexibility index (Phi) is 8.62. The number of benzene rings is 1.